The van der Waals surface area contributed by atoms with Crippen LogP contribution in [0, 0.1) is 24.8 Å². The van der Waals surface area contributed by atoms with Gasteiger partial charge in [0.2, 0.25) is 0 Å². The molecule has 0 spiro atoms. The Bertz CT molecular complexity index is 1430. The summed E-state index contributed by atoms with van der Waals surface area (Å²) in [5, 5.41) is 11.8. The van der Waals surface area contributed by atoms with Gasteiger partial charge in [0.25, 0.3) is 0 Å². The van der Waals surface area contributed by atoms with Crippen LogP contribution < -0.4 is 0 Å². The molecule has 0 aliphatic heterocycles. The van der Waals surface area contributed by atoms with Gasteiger partial charge in [-0.3, -0.25) is 4.79 Å². The number of aromatic nitrogens is 1. The zero-order valence-corrected chi connectivity index (χ0v) is 24.5. The van der Waals surface area contributed by atoms with E-state index in [1.165, 1.54) is 44.7 Å². The van der Waals surface area contributed by atoms with Crippen molar-refractivity contribution < 1.29 is 30.0 Å². The molecule has 5 rings (SSSR count). The molecule has 1 aliphatic rings. The van der Waals surface area contributed by atoms with Crippen LogP contribution >= 0.6 is 0 Å². The van der Waals surface area contributed by atoms with Crippen LogP contribution in [-0.4, -0.2) is 15.9 Å². The molecule has 3 nitrogen and oxygen atoms in total. The predicted molar refractivity (Wildman–Crippen MR) is 150 cm³/mol. The van der Waals surface area contributed by atoms with Gasteiger partial charge in [0, 0.05) is 45.2 Å². The Morgan fingerprint density at radius 2 is 1.65 bits per heavy atom. The number of aryl methyl sites for hydroxylation is 1. The predicted octanol–water partition coefficient (Wildman–Crippen LogP) is 8.74. The number of rotatable bonds is 5. The Morgan fingerprint density at radius 1 is 0.919 bits per heavy atom. The number of carbonyl (C=O) groups is 1. The zero-order chi connectivity index (χ0) is 25.8. The van der Waals surface area contributed by atoms with Gasteiger partial charge in [-0.25, -0.2) is 0 Å². The van der Waals surface area contributed by atoms with E-state index in [1.807, 2.05) is 40.0 Å². The van der Waals surface area contributed by atoms with Gasteiger partial charge in [-0.2, -0.15) is 0 Å². The minimum Gasteiger partial charge on any atom is -0.512 e. The Hall–Kier alpha value is -3.07. The molecule has 0 saturated carbocycles. The van der Waals surface area contributed by atoms with Crippen molar-refractivity contribution in [3.8, 4) is 33.5 Å². The van der Waals surface area contributed by atoms with Crippen molar-refractivity contribution in [3.63, 3.8) is 0 Å². The maximum atomic E-state index is 11.2. The smallest absolute Gasteiger partial charge is 0.159 e. The summed E-state index contributed by atoms with van der Waals surface area (Å²) < 4.78 is 0. The number of benzene rings is 3. The summed E-state index contributed by atoms with van der Waals surface area (Å²) in [7, 11) is 0. The Labute approximate surface area is 234 Å². The van der Waals surface area contributed by atoms with E-state index in [1.54, 1.807) is 0 Å². The molecule has 0 unspecified atom stereocenters. The fourth-order valence-electron chi connectivity index (χ4n) is 4.74. The number of aliphatic hydroxyl groups excluding tert-OH is 1. The minimum atomic E-state index is 0. The number of ketones is 1. The van der Waals surface area contributed by atoms with Crippen LogP contribution in [-0.2, 0) is 24.9 Å². The fraction of sp³-hybridized carbons (Fsp3) is 0.273. The molecule has 0 amide bonds. The van der Waals surface area contributed by atoms with Crippen LogP contribution in [0.3, 0.4) is 0 Å². The molecule has 0 atom stereocenters. The number of hydrogen-bond donors (Lipinski definition) is 1. The maximum absolute atomic E-state index is 11.2. The van der Waals surface area contributed by atoms with E-state index in [0.717, 1.165) is 11.3 Å². The molecule has 193 valence electrons. The van der Waals surface area contributed by atoms with Crippen LogP contribution in [0.25, 0.3) is 44.3 Å². The van der Waals surface area contributed by atoms with Crippen molar-refractivity contribution in [1.82, 2.24) is 4.98 Å². The first-order valence-corrected chi connectivity index (χ1v) is 12.7. The normalized spacial score (nSPS) is 11.7. The van der Waals surface area contributed by atoms with Gasteiger partial charge >= 0.3 is 0 Å². The van der Waals surface area contributed by atoms with Gasteiger partial charge < -0.3 is 10.1 Å². The van der Waals surface area contributed by atoms with Crippen molar-refractivity contribution in [3.05, 3.63) is 90.3 Å². The molecule has 0 fully saturated rings. The average molecular weight is 669 g/mol. The summed E-state index contributed by atoms with van der Waals surface area (Å²) in [5.41, 5.74) is 8.39. The summed E-state index contributed by atoms with van der Waals surface area (Å²) >= 11 is 0. The molecule has 1 aromatic heterocycles. The quantitative estimate of drug-likeness (QED) is 0.116. The Morgan fingerprint density at radius 3 is 2.38 bits per heavy atom. The van der Waals surface area contributed by atoms with Crippen molar-refractivity contribution >= 4 is 16.6 Å². The standard InChI is InChI=1S/C22H14N.C11H20O2.Ir/c1-14-9-10-17-18-8-4-5-15-11-12-23-22(21(15)18)19-7-3-2-6-16(19)20(17)13-14;1-8(2)5-10(12)7-11(13)6-9(3)4;/h2-6,8-13H,1H3;7-9,12H,5-6H2,1-4H3;/q-1;;/b;10-7-;. The summed E-state index contributed by atoms with van der Waals surface area (Å²) in [4.78, 5) is 15.9. The van der Waals surface area contributed by atoms with Crippen LogP contribution in [0.15, 0.2) is 78.7 Å². The monoisotopic (exact) mass is 669 g/mol. The molecule has 1 heterocycles. The van der Waals surface area contributed by atoms with E-state index >= 15 is 0 Å². The van der Waals surface area contributed by atoms with Crippen molar-refractivity contribution in [1.29, 1.82) is 0 Å². The van der Waals surface area contributed by atoms with Crippen LogP contribution in [0.2, 0.25) is 0 Å². The topological polar surface area (TPSA) is 50.2 Å². The number of fused-ring (bicyclic) bond motifs is 5. The van der Waals surface area contributed by atoms with E-state index in [9.17, 15) is 9.90 Å². The second-order valence-electron chi connectivity index (χ2n) is 10.4. The van der Waals surface area contributed by atoms with Crippen LogP contribution in [0.5, 0.6) is 0 Å². The molecule has 3 aromatic carbocycles. The molecule has 1 radical (unpaired) electrons. The number of allylic oxidation sites excluding steroid dienone is 2. The van der Waals surface area contributed by atoms with Gasteiger partial charge in [0.15, 0.2) is 5.78 Å². The second-order valence-corrected chi connectivity index (χ2v) is 10.4. The molecular formula is C33H34IrNO2-. The summed E-state index contributed by atoms with van der Waals surface area (Å²) in [5.74, 6) is 0.979. The SMILES string of the molecule is CC(C)CC(=O)/C=C(\O)CC(C)C.Cc1ccc2c(c1)-c1ccc[c-]c1-c1nccc3cccc-2c13.[Ir]. The molecular weight excluding hydrogens is 635 g/mol. The average Bonchev–Trinajstić information content (AvgIpc) is 2.93. The second kappa shape index (κ2) is 12.4. The third-order valence-corrected chi connectivity index (χ3v) is 6.19. The number of hydrogen-bond acceptors (Lipinski definition) is 3. The summed E-state index contributed by atoms with van der Waals surface area (Å²) in [6, 6.07) is 24.9. The van der Waals surface area contributed by atoms with Crippen LogP contribution in [0.1, 0.15) is 46.1 Å². The van der Waals surface area contributed by atoms with E-state index in [-0.39, 0.29) is 31.6 Å². The zero-order valence-electron chi connectivity index (χ0n) is 22.1. The van der Waals surface area contributed by atoms with Crippen molar-refractivity contribution in [2.45, 2.75) is 47.5 Å². The van der Waals surface area contributed by atoms with Crippen molar-refractivity contribution in [2.24, 2.45) is 11.8 Å². The van der Waals surface area contributed by atoms with E-state index in [0.29, 0.717) is 24.7 Å². The fourth-order valence-corrected chi connectivity index (χ4v) is 4.74. The van der Waals surface area contributed by atoms with E-state index < -0.39 is 0 Å². The first kappa shape index (κ1) is 28.5. The number of carbonyl (C=O) groups excluding carboxylic acids is 1. The first-order valence-electron chi connectivity index (χ1n) is 12.7. The first-order chi connectivity index (χ1) is 17.2. The summed E-state index contributed by atoms with van der Waals surface area (Å²) in [6.07, 6.45) is 4.36. The molecule has 37 heavy (non-hydrogen) atoms. The van der Waals surface area contributed by atoms with Gasteiger partial charge in [-0.05, 0) is 52.4 Å². The Kier molecular flexibility index (Phi) is 9.59. The molecule has 0 bridgehead atoms. The van der Waals surface area contributed by atoms with Gasteiger partial charge in [-0.15, -0.1) is 29.8 Å². The number of nitrogens with zero attached hydrogens (tertiary/aromatic N) is 1. The van der Waals surface area contributed by atoms with Gasteiger partial charge in [-0.1, -0.05) is 80.8 Å². The molecule has 1 aliphatic carbocycles. The van der Waals surface area contributed by atoms with Gasteiger partial charge in [0.1, 0.15) is 0 Å². The third kappa shape index (κ3) is 6.63. The maximum Gasteiger partial charge on any atom is 0.159 e. The number of pyridine rings is 1. The van der Waals surface area contributed by atoms with Gasteiger partial charge in [0.05, 0.1) is 5.76 Å². The van der Waals surface area contributed by atoms with E-state index in [4.69, 9.17) is 4.98 Å². The third-order valence-electron chi connectivity index (χ3n) is 6.19. The molecule has 0 saturated heterocycles. The minimum absolute atomic E-state index is 0. The van der Waals surface area contributed by atoms with E-state index in [2.05, 4.69) is 67.6 Å². The Balaban J connectivity index is 0.000000237. The molecule has 4 aromatic rings. The number of aliphatic hydroxyl groups is 1. The summed E-state index contributed by atoms with van der Waals surface area (Å²) in [6.45, 7) is 10.1. The molecule has 1 N–H and O–H groups in total. The largest absolute Gasteiger partial charge is 0.512 e. The van der Waals surface area contributed by atoms with Crippen LogP contribution in [0.4, 0.5) is 0 Å². The molecule has 4 heteroatoms. The van der Waals surface area contributed by atoms with Crippen molar-refractivity contribution in [2.75, 3.05) is 0 Å².